The molecule has 1 aliphatic rings. The van der Waals surface area contributed by atoms with Crippen LogP contribution in [0.1, 0.15) is 39.5 Å². The van der Waals surface area contributed by atoms with Crippen LogP contribution in [0.4, 0.5) is 0 Å². The van der Waals surface area contributed by atoms with Crippen LogP contribution in [0.5, 0.6) is 0 Å². The number of hydrogen-bond donors (Lipinski definition) is 2. The van der Waals surface area contributed by atoms with Gasteiger partial charge in [0.05, 0.1) is 6.61 Å². The van der Waals surface area contributed by atoms with Crippen molar-refractivity contribution in [2.45, 2.75) is 51.6 Å². The fraction of sp³-hybridized carbons (Fsp3) is 1.00. The van der Waals surface area contributed by atoms with Gasteiger partial charge < -0.3 is 10.4 Å². The number of hydrogen-bond acceptors (Lipinski definition) is 2. The zero-order chi connectivity index (χ0) is 8.97. The molecular formula is C10H21NO. The molecule has 1 fully saturated rings. The van der Waals surface area contributed by atoms with Crippen molar-refractivity contribution in [3.05, 3.63) is 0 Å². The van der Waals surface area contributed by atoms with Crippen LogP contribution in [0.3, 0.4) is 0 Å². The third-order valence-corrected chi connectivity index (χ3v) is 3.02. The molecule has 12 heavy (non-hydrogen) atoms. The standard InChI is InChI=1S/C10H21NO/c1-3-9(7-12)11-10-6-4-5-8(10)2/h8-12H,3-7H2,1-2H3/t8-,9+,10+/m0/s1. The summed E-state index contributed by atoms with van der Waals surface area (Å²) in [6.07, 6.45) is 5.01. The zero-order valence-corrected chi connectivity index (χ0v) is 8.21. The van der Waals surface area contributed by atoms with Gasteiger partial charge in [0.2, 0.25) is 0 Å². The van der Waals surface area contributed by atoms with Crippen LogP contribution in [0, 0.1) is 5.92 Å². The molecule has 0 aromatic heterocycles. The number of aliphatic hydroxyl groups is 1. The lowest BCUT2D eigenvalue weighted by Crippen LogP contribution is -2.41. The van der Waals surface area contributed by atoms with Crippen molar-refractivity contribution in [2.75, 3.05) is 6.61 Å². The molecular weight excluding hydrogens is 150 g/mol. The summed E-state index contributed by atoms with van der Waals surface area (Å²) < 4.78 is 0. The van der Waals surface area contributed by atoms with Crippen molar-refractivity contribution >= 4 is 0 Å². The smallest absolute Gasteiger partial charge is 0.0584 e. The number of aliphatic hydroxyl groups excluding tert-OH is 1. The van der Waals surface area contributed by atoms with Gasteiger partial charge in [-0.2, -0.15) is 0 Å². The second kappa shape index (κ2) is 4.83. The van der Waals surface area contributed by atoms with Crippen LogP contribution in [0.25, 0.3) is 0 Å². The van der Waals surface area contributed by atoms with Gasteiger partial charge in [0, 0.05) is 12.1 Å². The van der Waals surface area contributed by atoms with Gasteiger partial charge in [-0.15, -0.1) is 0 Å². The maximum Gasteiger partial charge on any atom is 0.0584 e. The molecule has 0 saturated heterocycles. The highest BCUT2D eigenvalue weighted by molar-refractivity contribution is 4.82. The first kappa shape index (κ1) is 10.0. The first-order chi connectivity index (χ1) is 5.77. The van der Waals surface area contributed by atoms with E-state index in [4.69, 9.17) is 5.11 Å². The van der Waals surface area contributed by atoms with E-state index in [1.165, 1.54) is 19.3 Å². The number of rotatable bonds is 4. The predicted molar refractivity (Wildman–Crippen MR) is 51.1 cm³/mol. The Balaban J connectivity index is 2.28. The van der Waals surface area contributed by atoms with E-state index < -0.39 is 0 Å². The minimum absolute atomic E-state index is 0.278. The van der Waals surface area contributed by atoms with E-state index in [0.29, 0.717) is 12.1 Å². The maximum atomic E-state index is 9.01. The number of nitrogens with one attached hydrogen (secondary N) is 1. The van der Waals surface area contributed by atoms with Gasteiger partial charge in [0.15, 0.2) is 0 Å². The SMILES string of the molecule is CC[C@H](CO)N[C@@H]1CCC[C@@H]1C. The average molecular weight is 171 g/mol. The molecule has 0 amide bonds. The highest BCUT2D eigenvalue weighted by atomic mass is 16.3. The Morgan fingerprint density at radius 1 is 1.50 bits per heavy atom. The van der Waals surface area contributed by atoms with E-state index in [1.54, 1.807) is 0 Å². The summed E-state index contributed by atoms with van der Waals surface area (Å²) in [5.41, 5.74) is 0. The average Bonchev–Trinajstić information content (AvgIpc) is 2.47. The lowest BCUT2D eigenvalue weighted by Gasteiger charge is -2.23. The molecule has 1 rings (SSSR count). The third kappa shape index (κ3) is 2.46. The molecule has 3 atom stereocenters. The maximum absolute atomic E-state index is 9.01. The minimum atomic E-state index is 0.278. The van der Waals surface area contributed by atoms with Crippen LogP contribution in [-0.2, 0) is 0 Å². The molecule has 72 valence electrons. The van der Waals surface area contributed by atoms with Crippen molar-refractivity contribution < 1.29 is 5.11 Å². The summed E-state index contributed by atoms with van der Waals surface area (Å²) in [5.74, 6) is 0.797. The lowest BCUT2D eigenvalue weighted by atomic mass is 10.0. The largest absolute Gasteiger partial charge is 0.395 e. The van der Waals surface area contributed by atoms with Crippen molar-refractivity contribution in [3.63, 3.8) is 0 Å². The molecule has 2 nitrogen and oxygen atoms in total. The van der Waals surface area contributed by atoms with Gasteiger partial charge in [-0.3, -0.25) is 0 Å². The third-order valence-electron chi connectivity index (χ3n) is 3.02. The summed E-state index contributed by atoms with van der Waals surface area (Å²) in [6, 6.07) is 0.970. The predicted octanol–water partition coefficient (Wildman–Crippen LogP) is 1.54. The Morgan fingerprint density at radius 2 is 2.25 bits per heavy atom. The van der Waals surface area contributed by atoms with Gasteiger partial charge in [0.25, 0.3) is 0 Å². The first-order valence-corrected chi connectivity index (χ1v) is 5.14. The van der Waals surface area contributed by atoms with Gasteiger partial charge in [0.1, 0.15) is 0 Å². The van der Waals surface area contributed by atoms with Crippen molar-refractivity contribution in [1.29, 1.82) is 0 Å². The Hall–Kier alpha value is -0.0800. The Bertz CT molecular complexity index is 123. The van der Waals surface area contributed by atoms with Crippen LogP contribution in [0.15, 0.2) is 0 Å². The molecule has 2 heteroatoms. The molecule has 1 aliphatic carbocycles. The molecule has 0 radical (unpaired) electrons. The van der Waals surface area contributed by atoms with Gasteiger partial charge in [-0.25, -0.2) is 0 Å². The quantitative estimate of drug-likeness (QED) is 0.672. The van der Waals surface area contributed by atoms with Crippen molar-refractivity contribution in [3.8, 4) is 0 Å². The van der Waals surface area contributed by atoms with Crippen LogP contribution < -0.4 is 5.32 Å². The van der Waals surface area contributed by atoms with Gasteiger partial charge >= 0.3 is 0 Å². The fourth-order valence-electron chi connectivity index (χ4n) is 2.00. The Labute approximate surface area is 75.4 Å². The van der Waals surface area contributed by atoms with Crippen LogP contribution in [-0.4, -0.2) is 23.8 Å². The molecule has 0 spiro atoms. The van der Waals surface area contributed by atoms with Gasteiger partial charge in [-0.1, -0.05) is 20.3 Å². The summed E-state index contributed by atoms with van der Waals surface area (Å²) in [6.45, 7) is 4.70. The van der Waals surface area contributed by atoms with E-state index >= 15 is 0 Å². The Kier molecular flexibility index (Phi) is 4.02. The summed E-state index contributed by atoms with van der Waals surface area (Å²) in [5, 5.41) is 12.5. The summed E-state index contributed by atoms with van der Waals surface area (Å²) >= 11 is 0. The fourth-order valence-corrected chi connectivity index (χ4v) is 2.00. The van der Waals surface area contributed by atoms with E-state index in [0.717, 1.165) is 12.3 Å². The monoisotopic (exact) mass is 171 g/mol. The second-order valence-corrected chi connectivity index (χ2v) is 3.97. The summed E-state index contributed by atoms with van der Waals surface area (Å²) in [4.78, 5) is 0. The van der Waals surface area contributed by atoms with Crippen molar-refractivity contribution in [2.24, 2.45) is 5.92 Å². The molecule has 0 aromatic carbocycles. The molecule has 0 unspecified atom stereocenters. The van der Waals surface area contributed by atoms with E-state index in [1.807, 2.05) is 0 Å². The van der Waals surface area contributed by atoms with E-state index in [9.17, 15) is 0 Å². The Morgan fingerprint density at radius 3 is 2.67 bits per heavy atom. The highest BCUT2D eigenvalue weighted by Crippen LogP contribution is 2.25. The summed E-state index contributed by atoms with van der Waals surface area (Å²) in [7, 11) is 0. The molecule has 0 bridgehead atoms. The normalized spacial score (nSPS) is 32.2. The topological polar surface area (TPSA) is 32.3 Å². The van der Waals surface area contributed by atoms with E-state index in [-0.39, 0.29) is 6.61 Å². The highest BCUT2D eigenvalue weighted by Gasteiger charge is 2.24. The molecule has 1 saturated carbocycles. The van der Waals surface area contributed by atoms with Crippen LogP contribution in [0.2, 0.25) is 0 Å². The molecule has 0 heterocycles. The zero-order valence-electron chi connectivity index (χ0n) is 8.21. The van der Waals surface area contributed by atoms with Gasteiger partial charge in [-0.05, 0) is 25.2 Å². The first-order valence-electron chi connectivity index (χ1n) is 5.14. The minimum Gasteiger partial charge on any atom is -0.395 e. The van der Waals surface area contributed by atoms with Crippen molar-refractivity contribution in [1.82, 2.24) is 5.32 Å². The van der Waals surface area contributed by atoms with Crippen LogP contribution >= 0.6 is 0 Å². The second-order valence-electron chi connectivity index (χ2n) is 3.97. The lowest BCUT2D eigenvalue weighted by molar-refractivity contribution is 0.219. The molecule has 0 aromatic rings. The molecule has 2 N–H and O–H groups in total. The van der Waals surface area contributed by atoms with E-state index in [2.05, 4.69) is 19.2 Å². The molecule has 0 aliphatic heterocycles.